The van der Waals surface area contributed by atoms with E-state index >= 15 is 0 Å². The van der Waals surface area contributed by atoms with Crippen molar-refractivity contribution in [2.45, 2.75) is 43.5 Å². The summed E-state index contributed by atoms with van der Waals surface area (Å²) in [6.07, 6.45) is -0.115. The molecule has 1 saturated carbocycles. The number of hydrogen-bond acceptors (Lipinski definition) is 3. The van der Waals surface area contributed by atoms with E-state index in [-0.39, 0.29) is 17.5 Å². The van der Waals surface area contributed by atoms with Gasteiger partial charge in [0.15, 0.2) is 9.84 Å². The van der Waals surface area contributed by atoms with Crippen LogP contribution in [0.4, 0.5) is 13.2 Å². The monoisotopic (exact) mass is 273 g/mol. The van der Waals surface area contributed by atoms with Crippen molar-refractivity contribution in [2.24, 2.45) is 0 Å². The van der Waals surface area contributed by atoms with Crippen molar-refractivity contribution in [1.29, 1.82) is 0 Å². The van der Waals surface area contributed by atoms with Gasteiger partial charge < -0.3 is 5.32 Å². The van der Waals surface area contributed by atoms with Gasteiger partial charge >= 0.3 is 6.18 Å². The fourth-order valence-electron chi connectivity index (χ4n) is 2.04. The molecule has 1 rings (SSSR count). The molecule has 1 fully saturated rings. The molecule has 0 unspecified atom stereocenters. The van der Waals surface area contributed by atoms with Gasteiger partial charge in [-0.2, -0.15) is 13.2 Å². The first kappa shape index (κ1) is 14.8. The summed E-state index contributed by atoms with van der Waals surface area (Å²) in [6.45, 7) is -1.26. The van der Waals surface area contributed by atoms with Crippen molar-refractivity contribution in [2.75, 3.05) is 18.8 Å². The average molecular weight is 273 g/mol. The van der Waals surface area contributed by atoms with Gasteiger partial charge in [0.25, 0.3) is 0 Å². The Balaban J connectivity index is 2.29. The lowest BCUT2D eigenvalue weighted by atomic mass is 10.0. The lowest BCUT2D eigenvalue weighted by molar-refractivity contribution is -0.124. The first-order valence-electron chi connectivity index (χ1n) is 5.80. The molecule has 0 heterocycles. The van der Waals surface area contributed by atoms with Gasteiger partial charge in [-0.1, -0.05) is 19.3 Å². The Hall–Kier alpha value is -0.300. The molecule has 0 atom stereocenters. The second-order valence-corrected chi connectivity index (χ2v) is 6.82. The highest BCUT2D eigenvalue weighted by Gasteiger charge is 2.28. The molecule has 1 aliphatic carbocycles. The third kappa shape index (κ3) is 5.72. The maximum Gasteiger partial charge on any atom is 0.401 e. The van der Waals surface area contributed by atoms with Crippen LogP contribution in [0.5, 0.6) is 0 Å². The molecule has 7 heteroatoms. The van der Waals surface area contributed by atoms with Crippen molar-refractivity contribution in [3.63, 3.8) is 0 Å². The highest BCUT2D eigenvalue weighted by molar-refractivity contribution is 7.92. The zero-order chi connectivity index (χ0) is 12.9. The fraction of sp³-hybridized carbons (Fsp3) is 1.00. The lowest BCUT2D eigenvalue weighted by Gasteiger charge is -2.21. The van der Waals surface area contributed by atoms with Crippen LogP contribution >= 0.6 is 0 Å². The van der Waals surface area contributed by atoms with E-state index in [1.807, 2.05) is 0 Å². The van der Waals surface area contributed by atoms with Gasteiger partial charge in [0, 0.05) is 6.54 Å². The quantitative estimate of drug-likeness (QED) is 0.778. The molecule has 0 saturated heterocycles. The van der Waals surface area contributed by atoms with E-state index in [4.69, 9.17) is 0 Å². The van der Waals surface area contributed by atoms with Crippen LogP contribution in [0.15, 0.2) is 0 Å². The van der Waals surface area contributed by atoms with E-state index < -0.39 is 22.6 Å². The van der Waals surface area contributed by atoms with Crippen molar-refractivity contribution < 1.29 is 21.6 Å². The van der Waals surface area contributed by atoms with Gasteiger partial charge in [0.05, 0.1) is 17.5 Å². The minimum absolute atomic E-state index is 0.127. The zero-order valence-electron chi connectivity index (χ0n) is 9.59. The topological polar surface area (TPSA) is 46.2 Å². The first-order valence-corrected chi connectivity index (χ1v) is 7.52. The van der Waals surface area contributed by atoms with Crippen molar-refractivity contribution in [3.8, 4) is 0 Å². The number of hydrogen-bond donors (Lipinski definition) is 1. The molecular weight excluding hydrogens is 255 g/mol. The van der Waals surface area contributed by atoms with Crippen LogP contribution in [-0.4, -0.2) is 38.7 Å². The second kappa shape index (κ2) is 6.04. The molecule has 1 N–H and O–H groups in total. The average Bonchev–Trinajstić information content (AvgIpc) is 2.25. The standard InChI is InChI=1S/C10H18F3NO2S/c11-10(12,13)8-14-6-7-17(15,16)9-4-2-1-3-5-9/h9,14H,1-8H2. The second-order valence-electron chi connectivity index (χ2n) is 4.42. The van der Waals surface area contributed by atoms with Gasteiger partial charge in [0.2, 0.25) is 0 Å². The van der Waals surface area contributed by atoms with Gasteiger partial charge in [-0.25, -0.2) is 8.42 Å². The molecule has 0 aromatic heterocycles. The highest BCUT2D eigenvalue weighted by Crippen LogP contribution is 2.24. The summed E-state index contributed by atoms with van der Waals surface area (Å²) < 4.78 is 59.0. The van der Waals surface area contributed by atoms with Gasteiger partial charge in [-0.15, -0.1) is 0 Å². The molecule has 0 aromatic rings. The molecule has 0 spiro atoms. The predicted molar refractivity (Wildman–Crippen MR) is 59.6 cm³/mol. The van der Waals surface area contributed by atoms with Crippen LogP contribution in [0.1, 0.15) is 32.1 Å². The summed E-state index contributed by atoms with van der Waals surface area (Å²) in [7, 11) is -3.23. The summed E-state index contributed by atoms with van der Waals surface area (Å²) in [5.41, 5.74) is 0. The highest BCUT2D eigenvalue weighted by atomic mass is 32.2. The SMILES string of the molecule is O=S(=O)(CCNCC(F)(F)F)C1CCCCC1. The van der Waals surface area contributed by atoms with Crippen LogP contribution in [0, 0.1) is 0 Å². The lowest BCUT2D eigenvalue weighted by Crippen LogP contribution is -2.35. The number of rotatable bonds is 5. The smallest absolute Gasteiger partial charge is 0.308 e. The van der Waals surface area contributed by atoms with E-state index in [1.165, 1.54) is 0 Å². The normalized spacial score (nSPS) is 19.5. The molecule has 102 valence electrons. The molecule has 0 aromatic carbocycles. The van der Waals surface area contributed by atoms with Crippen molar-refractivity contribution in [3.05, 3.63) is 0 Å². The Kier molecular flexibility index (Phi) is 5.24. The summed E-state index contributed by atoms with van der Waals surface area (Å²) in [6, 6.07) is 0. The van der Waals surface area contributed by atoms with Crippen LogP contribution in [0.2, 0.25) is 0 Å². The Morgan fingerprint density at radius 1 is 1.12 bits per heavy atom. The molecule has 0 aliphatic heterocycles. The Morgan fingerprint density at radius 2 is 1.71 bits per heavy atom. The van der Waals surface area contributed by atoms with Crippen molar-refractivity contribution in [1.82, 2.24) is 5.32 Å². The number of halogens is 3. The van der Waals surface area contributed by atoms with Crippen LogP contribution in [0.25, 0.3) is 0 Å². The summed E-state index contributed by atoms with van der Waals surface area (Å²) >= 11 is 0. The summed E-state index contributed by atoms with van der Waals surface area (Å²) in [5, 5.41) is 1.77. The van der Waals surface area contributed by atoms with Gasteiger partial charge in [-0.3, -0.25) is 0 Å². The molecule has 3 nitrogen and oxygen atoms in total. The van der Waals surface area contributed by atoms with E-state index in [1.54, 1.807) is 0 Å². The van der Waals surface area contributed by atoms with Crippen LogP contribution in [0.3, 0.4) is 0 Å². The Bertz CT molecular complexity index is 321. The molecule has 1 aliphatic rings. The van der Waals surface area contributed by atoms with Crippen LogP contribution < -0.4 is 5.32 Å². The largest absolute Gasteiger partial charge is 0.401 e. The number of alkyl halides is 3. The van der Waals surface area contributed by atoms with E-state index in [2.05, 4.69) is 5.32 Å². The van der Waals surface area contributed by atoms with E-state index in [9.17, 15) is 21.6 Å². The molecule has 0 radical (unpaired) electrons. The first-order chi connectivity index (χ1) is 7.81. The molecule has 0 bridgehead atoms. The van der Waals surface area contributed by atoms with Gasteiger partial charge in [-0.05, 0) is 12.8 Å². The predicted octanol–water partition coefficient (Wildman–Crippen LogP) is 1.89. The molecule has 0 amide bonds. The van der Waals surface area contributed by atoms with E-state index in [0.717, 1.165) is 19.3 Å². The van der Waals surface area contributed by atoms with Crippen LogP contribution in [-0.2, 0) is 9.84 Å². The third-order valence-electron chi connectivity index (χ3n) is 2.95. The maximum atomic E-state index is 11.8. The minimum Gasteiger partial charge on any atom is -0.308 e. The third-order valence-corrected chi connectivity index (χ3v) is 5.21. The maximum absolute atomic E-state index is 11.8. The summed E-state index contributed by atoms with van der Waals surface area (Å²) in [5.74, 6) is -0.201. The van der Waals surface area contributed by atoms with Gasteiger partial charge in [0.1, 0.15) is 0 Å². The Morgan fingerprint density at radius 3 is 2.24 bits per heavy atom. The fourth-order valence-corrected chi connectivity index (χ4v) is 3.85. The zero-order valence-corrected chi connectivity index (χ0v) is 10.4. The number of nitrogens with one attached hydrogen (secondary N) is 1. The Labute approximate surface area is 99.7 Å². The molecular formula is C10H18F3NO2S. The summed E-state index contributed by atoms with van der Waals surface area (Å²) in [4.78, 5) is 0. The van der Waals surface area contributed by atoms with Crippen molar-refractivity contribution >= 4 is 9.84 Å². The minimum atomic E-state index is -4.28. The van der Waals surface area contributed by atoms with E-state index in [0.29, 0.717) is 12.8 Å². The molecule has 17 heavy (non-hydrogen) atoms. The number of sulfone groups is 1.